The first-order chi connectivity index (χ1) is 9.30. The van der Waals surface area contributed by atoms with Gasteiger partial charge in [-0.05, 0) is 25.5 Å². The van der Waals surface area contributed by atoms with Gasteiger partial charge in [-0.1, -0.05) is 25.0 Å². The molecule has 1 aromatic rings. The molecule has 110 valence electrons. The normalized spacial score (nSPS) is 21.9. The van der Waals surface area contributed by atoms with Gasteiger partial charge in [-0.2, -0.15) is 13.2 Å². The summed E-state index contributed by atoms with van der Waals surface area (Å²) in [5.74, 6) is 0. The van der Waals surface area contributed by atoms with Gasteiger partial charge >= 0.3 is 12.3 Å². The lowest BCUT2D eigenvalue weighted by molar-refractivity contribution is -0.267. The van der Waals surface area contributed by atoms with Gasteiger partial charge in [0.15, 0.2) is 0 Å². The molecule has 0 aliphatic carbocycles. The monoisotopic (exact) mass is 287 g/mol. The van der Waals surface area contributed by atoms with Gasteiger partial charge in [0, 0.05) is 12.0 Å². The highest BCUT2D eigenvalue weighted by Gasteiger charge is 2.61. The van der Waals surface area contributed by atoms with E-state index in [9.17, 15) is 18.0 Å². The summed E-state index contributed by atoms with van der Waals surface area (Å²) in [5.41, 5.74) is -1.71. The Bertz CT molecular complexity index is 528. The van der Waals surface area contributed by atoms with Crippen LogP contribution in [0.25, 0.3) is 0 Å². The molecular formula is C14H16F3NO2. The number of hydrogen-bond donors (Lipinski definition) is 1. The Labute approximate surface area is 115 Å². The Morgan fingerprint density at radius 3 is 2.65 bits per heavy atom. The van der Waals surface area contributed by atoms with Gasteiger partial charge in [0.25, 0.3) is 0 Å². The summed E-state index contributed by atoms with van der Waals surface area (Å²) in [5, 5.41) is 2.33. The standard InChI is InChI=1S/C14H16F3NO2/c1-3-4-7-13(14(15,16)17)10-8-9(2)5-6-11(10)18-12(19)20-13/h5-6,8H,3-4,7H2,1-2H3,(H,18,19). The number of cyclic esters (lactones) is 1. The molecule has 0 fully saturated rings. The van der Waals surface area contributed by atoms with Crippen LogP contribution < -0.4 is 5.32 Å². The van der Waals surface area contributed by atoms with Gasteiger partial charge in [0.1, 0.15) is 0 Å². The third-order valence-corrected chi connectivity index (χ3v) is 3.45. The molecule has 0 saturated carbocycles. The summed E-state index contributed by atoms with van der Waals surface area (Å²) in [6.07, 6.45) is -5.07. The summed E-state index contributed by atoms with van der Waals surface area (Å²) >= 11 is 0. The van der Waals surface area contributed by atoms with Crippen molar-refractivity contribution in [3.05, 3.63) is 29.3 Å². The third-order valence-electron chi connectivity index (χ3n) is 3.45. The molecular weight excluding hydrogens is 271 g/mol. The Morgan fingerprint density at radius 2 is 2.05 bits per heavy atom. The van der Waals surface area contributed by atoms with Crippen molar-refractivity contribution in [2.45, 2.75) is 44.9 Å². The molecule has 6 heteroatoms. The molecule has 3 nitrogen and oxygen atoms in total. The van der Waals surface area contributed by atoms with Crippen LogP contribution in [0.3, 0.4) is 0 Å². The summed E-state index contributed by atoms with van der Waals surface area (Å²) in [6.45, 7) is 3.50. The van der Waals surface area contributed by atoms with Crippen molar-refractivity contribution >= 4 is 11.8 Å². The molecule has 1 unspecified atom stereocenters. The van der Waals surface area contributed by atoms with Gasteiger partial charge < -0.3 is 4.74 Å². The summed E-state index contributed by atoms with van der Waals surface area (Å²) in [7, 11) is 0. The van der Waals surface area contributed by atoms with E-state index in [0.29, 0.717) is 18.4 Å². The predicted molar refractivity (Wildman–Crippen MR) is 68.5 cm³/mol. The second kappa shape index (κ2) is 5.00. The number of unbranched alkanes of at least 4 members (excludes halogenated alkanes) is 1. The van der Waals surface area contributed by atoms with Crippen LogP contribution in [0.4, 0.5) is 23.7 Å². The Morgan fingerprint density at radius 1 is 1.35 bits per heavy atom. The summed E-state index contributed by atoms with van der Waals surface area (Å²) in [4.78, 5) is 11.5. The predicted octanol–water partition coefficient (Wildman–Crippen LogP) is 4.50. The first-order valence-electron chi connectivity index (χ1n) is 6.48. The van der Waals surface area contributed by atoms with E-state index in [1.165, 1.54) is 12.1 Å². The van der Waals surface area contributed by atoms with E-state index >= 15 is 0 Å². The number of nitrogens with one attached hydrogen (secondary N) is 1. The molecule has 1 aromatic carbocycles. The maximum atomic E-state index is 13.6. The van der Waals surface area contributed by atoms with Crippen molar-refractivity contribution in [1.82, 2.24) is 0 Å². The van der Waals surface area contributed by atoms with Crippen LogP contribution in [0.5, 0.6) is 0 Å². The molecule has 1 aliphatic rings. The number of carbonyl (C=O) groups excluding carboxylic acids is 1. The van der Waals surface area contributed by atoms with E-state index in [1.54, 1.807) is 19.9 Å². The van der Waals surface area contributed by atoms with Crippen molar-refractivity contribution in [2.24, 2.45) is 0 Å². The van der Waals surface area contributed by atoms with Crippen molar-refractivity contribution in [2.75, 3.05) is 5.32 Å². The number of aryl methyl sites for hydroxylation is 1. The number of amides is 1. The average molecular weight is 287 g/mol. The maximum Gasteiger partial charge on any atom is 0.432 e. The van der Waals surface area contributed by atoms with Crippen LogP contribution >= 0.6 is 0 Å². The van der Waals surface area contributed by atoms with E-state index in [4.69, 9.17) is 4.74 Å². The van der Waals surface area contributed by atoms with Gasteiger partial charge in [0.2, 0.25) is 5.60 Å². The van der Waals surface area contributed by atoms with E-state index < -0.39 is 17.9 Å². The first-order valence-corrected chi connectivity index (χ1v) is 6.48. The quantitative estimate of drug-likeness (QED) is 0.888. The fourth-order valence-electron chi connectivity index (χ4n) is 2.41. The molecule has 0 bridgehead atoms. The van der Waals surface area contributed by atoms with E-state index in [1.807, 2.05) is 0 Å². The molecule has 1 atom stereocenters. The number of ether oxygens (including phenoxy) is 1. The third kappa shape index (κ3) is 2.34. The topological polar surface area (TPSA) is 38.3 Å². The zero-order valence-corrected chi connectivity index (χ0v) is 11.3. The van der Waals surface area contributed by atoms with Crippen molar-refractivity contribution in [3.63, 3.8) is 0 Å². The largest absolute Gasteiger partial charge is 0.432 e. The molecule has 0 spiro atoms. The fourth-order valence-corrected chi connectivity index (χ4v) is 2.41. The highest BCUT2D eigenvalue weighted by atomic mass is 19.4. The molecule has 1 amide bonds. The van der Waals surface area contributed by atoms with Crippen LogP contribution in [0.2, 0.25) is 0 Å². The fraction of sp³-hybridized carbons (Fsp3) is 0.500. The summed E-state index contributed by atoms with van der Waals surface area (Å²) < 4.78 is 45.5. The zero-order valence-electron chi connectivity index (χ0n) is 11.3. The van der Waals surface area contributed by atoms with E-state index in [-0.39, 0.29) is 17.7 Å². The van der Waals surface area contributed by atoms with Crippen molar-refractivity contribution in [3.8, 4) is 0 Å². The minimum Gasteiger partial charge on any atom is -0.428 e. The van der Waals surface area contributed by atoms with Crippen molar-refractivity contribution in [1.29, 1.82) is 0 Å². The summed E-state index contributed by atoms with van der Waals surface area (Å²) in [6, 6.07) is 4.57. The Hall–Kier alpha value is -1.72. The molecule has 20 heavy (non-hydrogen) atoms. The lowest BCUT2D eigenvalue weighted by Crippen LogP contribution is -2.50. The van der Waals surface area contributed by atoms with Crippen molar-refractivity contribution < 1.29 is 22.7 Å². The van der Waals surface area contributed by atoms with Gasteiger partial charge in [-0.25, -0.2) is 4.79 Å². The molecule has 2 rings (SSSR count). The van der Waals surface area contributed by atoms with Crippen LogP contribution in [-0.4, -0.2) is 12.3 Å². The number of carbonyl (C=O) groups is 1. The second-order valence-electron chi connectivity index (χ2n) is 4.99. The smallest absolute Gasteiger partial charge is 0.428 e. The molecule has 0 radical (unpaired) electrons. The van der Waals surface area contributed by atoms with Gasteiger partial charge in [-0.15, -0.1) is 0 Å². The van der Waals surface area contributed by atoms with E-state index in [0.717, 1.165) is 0 Å². The van der Waals surface area contributed by atoms with Crippen LogP contribution in [0.15, 0.2) is 18.2 Å². The molecule has 1 heterocycles. The van der Waals surface area contributed by atoms with E-state index in [2.05, 4.69) is 5.32 Å². The zero-order chi connectivity index (χ0) is 15.0. The minimum absolute atomic E-state index is 0.0157. The Kier molecular flexibility index (Phi) is 3.67. The van der Waals surface area contributed by atoms with Crippen LogP contribution in [-0.2, 0) is 10.3 Å². The second-order valence-corrected chi connectivity index (χ2v) is 4.99. The number of fused-ring (bicyclic) bond motifs is 1. The molecule has 1 aliphatic heterocycles. The molecule has 0 aromatic heterocycles. The van der Waals surface area contributed by atoms with Gasteiger partial charge in [-0.3, -0.25) is 5.32 Å². The number of rotatable bonds is 3. The molecule has 0 saturated heterocycles. The number of hydrogen-bond acceptors (Lipinski definition) is 2. The SMILES string of the molecule is CCCCC1(C(F)(F)F)OC(=O)Nc2ccc(C)cc21. The highest BCUT2D eigenvalue weighted by Crippen LogP contribution is 2.50. The Balaban J connectivity index is 2.61. The average Bonchev–Trinajstić information content (AvgIpc) is 2.35. The van der Waals surface area contributed by atoms with Gasteiger partial charge in [0.05, 0.1) is 5.69 Å². The maximum absolute atomic E-state index is 13.6. The molecule has 1 N–H and O–H groups in total. The van der Waals surface area contributed by atoms with Crippen LogP contribution in [0, 0.1) is 6.92 Å². The lowest BCUT2D eigenvalue weighted by Gasteiger charge is -2.39. The van der Waals surface area contributed by atoms with Crippen LogP contribution in [0.1, 0.15) is 37.3 Å². The first kappa shape index (κ1) is 14.7. The lowest BCUT2D eigenvalue weighted by atomic mass is 9.84. The number of alkyl halides is 3. The number of halogens is 3. The number of benzene rings is 1. The number of anilines is 1. The minimum atomic E-state index is -4.65. The highest BCUT2D eigenvalue weighted by molar-refractivity contribution is 5.89.